The molecule has 0 bridgehead atoms. The zero-order chi connectivity index (χ0) is 9.56. The third kappa shape index (κ3) is 7.93. The third-order valence-corrected chi connectivity index (χ3v) is 1.52. The van der Waals surface area contributed by atoms with Crippen LogP contribution in [0.4, 0.5) is 4.39 Å². The summed E-state index contributed by atoms with van der Waals surface area (Å²) in [6.45, 7) is 0. The Bertz CT molecular complexity index is 193. The van der Waals surface area contributed by atoms with E-state index in [2.05, 4.69) is 22.6 Å². The normalized spacial score (nSPS) is 8.42. The summed E-state index contributed by atoms with van der Waals surface area (Å²) in [6.07, 6.45) is 0. The zero-order valence-electron chi connectivity index (χ0n) is 5.98. The SMILES string of the molecule is Fc1ccc(I)cc1.OB(O)O. The second-order valence-electron chi connectivity index (χ2n) is 1.78. The monoisotopic (exact) mass is 284 g/mol. The molecule has 0 unspecified atom stereocenters. The minimum absolute atomic E-state index is 0.176. The predicted octanol–water partition coefficient (Wildman–Crippen LogP) is 0.378. The van der Waals surface area contributed by atoms with Crippen LogP contribution in [0.5, 0.6) is 0 Å². The predicted molar refractivity (Wildman–Crippen MR) is 51.5 cm³/mol. The van der Waals surface area contributed by atoms with Crippen molar-refractivity contribution >= 4 is 29.9 Å². The Morgan fingerprint density at radius 1 is 1.08 bits per heavy atom. The molecule has 0 atom stereocenters. The number of halogens is 2. The van der Waals surface area contributed by atoms with Crippen LogP contribution in [0.15, 0.2) is 24.3 Å². The number of rotatable bonds is 0. The van der Waals surface area contributed by atoms with Gasteiger partial charge in [-0.2, -0.15) is 0 Å². The van der Waals surface area contributed by atoms with Gasteiger partial charge >= 0.3 is 7.32 Å². The molecule has 0 saturated carbocycles. The van der Waals surface area contributed by atoms with E-state index >= 15 is 0 Å². The molecule has 0 aliphatic heterocycles. The molecule has 66 valence electrons. The molecule has 0 fully saturated rings. The van der Waals surface area contributed by atoms with Crippen molar-refractivity contribution in [2.45, 2.75) is 0 Å². The lowest BCUT2D eigenvalue weighted by Crippen LogP contribution is -2.07. The van der Waals surface area contributed by atoms with Crippen LogP contribution in [-0.2, 0) is 0 Å². The summed E-state index contributed by atoms with van der Waals surface area (Å²) in [5.41, 5.74) is 0. The van der Waals surface area contributed by atoms with Gasteiger partial charge < -0.3 is 15.1 Å². The molecule has 0 aromatic heterocycles. The van der Waals surface area contributed by atoms with Gasteiger partial charge in [-0.3, -0.25) is 0 Å². The van der Waals surface area contributed by atoms with E-state index in [-0.39, 0.29) is 5.82 Å². The van der Waals surface area contributed by atoms with Gasteiger partial charge in [-0.25, -0.2) is 4.39 Å². The van der Waals surface area contributed by atoms with Crippen LogP contribution < -0.4 is 0 Å². The van der Waals surface area contributed by atoms with E-state index in [4.69, 9.17) is 15.1 Å². The van der Waals surface area contributed by atoms with Crippen molar-refractivity contribution in [1.29, 1.82) is 0 Å². The fourth-order valence-corrected chi connectivity index (χ4v) is 0.789. The van der Waals surface area contributed by atoms with Gasteiger partial charge in [-0.05, 0) is 46.9 Å². The Morgan fingerprint density at radius 2 is 1.42 bits per heavy atom. The summed E-state index contributed by atoms with van der Waals surface area (Å²) in [4.78, 5) is 0. The number of benzene rings is 1. The van der Waals surface area contributed by atoms with Crippen LogP contribution in [0, 0.1) is 9.39 Å². The Balaban J connectivity index is 0.000000261. The highest BCUT2D eigenvalue weighted by Crippen LogP contribution is 2.04. The standard InChI is InChI=1S/C6H4FI.BH3O3/c7-5-1-3-6(8)4-2-5;2-1(3)4/h1-4H;2-4H. The summed E-state index contributed by atoms with van der Waals surface area (Å²) >= 11 is 2.13. The Labute approximate surface area is 83.2 Å². The molecule has 6 heteroatoms. The molecule has 1 rings (SSSR count). The summed E-state index contributed by atoms with van der Waals surface area (Å²) in [6, 6.07) is 6.36. The summed E-state index contributed by atoms with van der Waals surface area (Å²) in [5.74, 6) is -0.176. The zero-order valence-corrected chi connectivity index (χ0v) is 8.14. The van der Waals surface area contributed by atoms with E-state index in [1.165, 1.54) is 12.1 Å². The maximum absolute atomic E-state index is 12.1. The lowest BCUT2D eigenvalue weighted by Gasteiger charge is -1.85. The molecule has 0 saturated heterocycles. The van der Waals surface area contributed by atoms with Crippen molar-refractivity contribution in [2.75, 3.05) is 0 Å². The maximum Gasteiger partial charge on any atom is 0.631 e. The average molecular weight is 284 g/mol. The fraction of sp³-hybridized carbons (Fsp3) is 0. The number of hydrogen-bond donors (Lipinski definition) is 3. The lowest BCUT2D eigenvalue weighted by molar-refractivity contribution is 0.278. The first-order valence-electron chi connectivity index (χ1n) is 2.97. The summed E-state index contributed by atoms with van der Waals surface area (Å²) < 4.78 is 13.1. The molecule has 1 aromatic rings. The van der Waals surface area contributed by atoms with Gasteiger partial charge in [0.05, 0.1) is 0 Å². The lowest BCUT2D eigenvalue weighted by atomic mass is 10.3. The topological polar surface area (TPSA) is 60.7 Å². The molecule has 3 N–H and O–H groups in total. The molecule has 0 aliphatic rings. The molecule has 0 amide bonds. The molecule has 0 radical (unpaired) electrons. The van der Waals surface area contributed by atoms with E-state index < -0.39 is 7.32 Å². The van der Waals surface area contributed by atoms with Crippen molar-refractivity contribution in [1.82, 2.24) is 0 Å². The van der Waals surface area contributed by atoms with Gasteiger partial charge in [0.15, 0.2) is 0 Å². The molecular weight excluding hydrogens is 277 g/mol. The van der Waals surface area contributed by atoms with Gasteiger partial charge in [0.2, 0.25) is 0 Å². The van der Waals surface area contributed by atoms with Crippen molar-refractivity contribution in [3.05, 3.63) is 33.7 Å². The smallest absolute Gasteiger partial charge is 0.402 e. The highest BCUT2D eigenvalue weighted by Gasteiger charge is 1.92. The van der Waals surface area contributed by atoms with Crippen molar-refractivity contribution in [3.63, 3.8) is 0 Å². The van der Waals surface area contributed by atoms with Crippen LogP contribution in [0.2, 0.25) is 0 Å². The summed E-state index contributed by atoms with van der Waals surface area (Å²) in [5, 5.41) is 21.5. The van der Waals surface area contributed by atoms with Gasteiger partial charge in [0.25, 0.3) is 0 Å². The van der Waals surface area contributed by atoms with Crippen molar-refractivity contribution in [3.8, 4) is 0 Å². The molecule has 0 aliphatic carbocycles. The first-order chi connectivity index (χ1) is 5.52. The first-order valence-corrected chi connectivity index (χ1v) is 4.05. The van der Waals surface area contributed by atoms with Crippen LogP contribution in [0.1, 0.15) is 0 Å². The highest BCUT2D eigenvalue weighted by atomic mass is 127. The first kappa shape index (κ1) is 11.8. The molecule has 1 aromatic carbocycles. The average Bonchev–Trinajstić information content (AvgIpc) is 1.94. The third-order valence-electron chi connectivity index (χ3n) is 0.804. The van der Waals surface area contributed by atoms with Crippen LogP contribution in [0.25, 0.3) is 0 Å². The van der Waals surface area contributed by atoms with Gasteiger partial charge in [-0.1, -0.05) is 0 Å². The molecule has 3 nitrogen and oxygen atoms in total. The Kier molecular flexibility index (Phi) is 6.26. The van der Waals surface area contributed by atoms with Crippen LogP contribution in [0.3, 0.4) is 0 Å². The largest absolute Gasteiger partial charge is 0.631 e. The van der Waals surface area contributed by atoms with Gasteiger partial charge in [-0.15, -0.1) is 0 Å². The van der Waals surface area contributed by atoms with Crippen LogP contribution >= 0.6 is 22.6 Å². The number of hydrogen-bond acceptors (Lipinski definition) is 3. The fourth-order valence-electron chi connectivity index (χ4n) is 0.430. The molecule has 0 spiro atoms. The maximum atomic E-state index is 12.1. The van der Waals surface area contributed by atoms with Crippen LogP contribution in [-0.4, -0.2) is 22.4 Å². The van der Waals surface area contributed by atoms with E-state index in [1.807, 2.05) is 0 Å². The molecule has 12 heavy (non-hydrogen) atoms. The van der Waals surface area contributed by atoms with Crippen molar-refractivity contribution < 1.29 is 19.5 Å². The Morgan fingerprint density at radius 3 is 1.67 bits per heavy atom. The minimum Gasteiger partial charge on any atom is -0.402 e. The van der Waals surface area contributed by atoms with E-state index in [1.54, 1.807) is 12.1 Å². The highest BCUT2D eigenvalue weighted by molar-refractivity contribution is 14.1. The van der Waals surface area contributed by atoms with E-state index in [0.29, 0.717) is 0 Å². The summed E-state index contributed by atoms with van der Waals surface area (Å²) in [7, 11) is -2.17. The quantitative estimate of drug-likeness (QED) is 0.477. The van der Waals surface area contributed by atoms with E-state index in [0.717, 1.165) is 3.57 Å². The van der Waals surface area contributed by atoms with Gasteiger partial charge in [0.1, 0.15) is 5.82 Å². The molecule has 0 heterocycles. The van der Waals surface area contributed by atoms with Crippen molar-refractivity contribution in [2.24, 2.45) is 0 Å². The minimum atomic E-state index is -2.17. The van der Waals surface area contributed by atoms with Gasteiger partial charge in [0, 0.05) is 3.57 Å². The van der Waals surface area contributed by atoms with E-state index in [9.17, 15) is 4.39 Å². The molecular formula is C6H7BFIO3. The second kappa shape index (κ2) is 6.35. The second-order valence-corrected chi connectivity index (χ2v) is 3.03. The Hall–Kier alpha value is -0.175.